The van der Waals surface area contributed by atoms with Gasteiger partial charge in [0.25, 0.3) is 0 Å². The first-order chi connectivity index (χ1) is 14.9. The Labute approximate surface area is 179 Å². The SMILES string of the molecule is OC(CN(CCOCc1ccccc1)c1cccc(Oc2ccccc2)c1)C(F)(F)F. The summed E-state index contributed by atoms with van der Waals surface area (Å²) in [4.78, 5) is 1.45. The third-order valence-electron chi connectivity index (χ3n) is 4.55. The van der Waals surface area contributed by atoms with Crippen molar-refractivity contribution < 1.29 is 27.8 Å². The van der Waals surface area contributed by atoms with Gasteiger partial charge in [-0.15, -0.1) is 0 Å². The number of hydrogen-bond donors (Lipinski definition) is 1. The van der Waals surface area contributed by atoms with Gasteiger partial charge in [0, 0.05) is 18.3 Å². The van der Waals surface area contributed by atoms with Crippen molar-refractivity contribution in [3.63, 3.8) is 0 Å². The van der Waals surface area contributed by atoms with Crippen molar-refractivity contribution in [2.24, 2.45) is 0 Å². The Balaban J connectivity index is 1.68. The zero-order valence-electron chi connectivity index (χ0n) is 16.8. The van der Waals surface area contributed by atoms with E-state index in [1.165, 1.54) is 4.90 Å². The van der Waals surface area contributed by atoms with Crippen LogP contribution >= 0.6 is 0 Å². The fraction of sp³-hybridized carbons (Fsp3) is 0.250. The molecule has 1 unspecified atom stereocenters. The zero-order chi connectivity index (χ0) is 22.1. The molecule has 3 aromatic rings. The molecule has 0 amide bonds. The van der Waals surface area contributed by atoms with Crippen LogP contribution in [0, 0.1) is 0 Å². The van der Waals surface area contributed by atoms with Gasteiger partial charge in [-0.05, 0) is 29.8 Å². The first-order valence-electron chi connectivity index (χ1n) is 9.86. The van der Waals surface area contributed by atoms with E-state index in [4.69, 9.17) is 9.47 Å². The van der Waals surface area contributed by atoms with Crippen LogP contribution < -0.4 is 9.64 Å². The lowest BCUT2D eigenvalue weighted by molar-refractivity contribution is -0.200. The third kappa shape index (κ3) is 7.31. The molecule has 1 N–H and O–H groups in total. The maximum atomic E-state index is 13.0. The number of hydrogen-bond acceptors (Lipinski definition) is 4. The molecule has 7 heteroatoms. The number of rotatable bonds is 10. The minimum absolute atomic E-state index is 0.175. The van der Waals surface area contributed by atoms with Crippen molar-refractivity contribution in [3.05, 3.63) is 90.5 Å². The van der Waals surface area contributed by atoms with Crippen LogP contribution in [-0.2, 0) is 11.3 Å². The monoisotopic (exact) mass is 431 g/mol. The molecule has 3 aromatic carbocycles. The van der Waals surface area contributed by atoms with E-state index in [0.717, 1.165) is 5.56 Å². The lowest BCUT2D eigenvalue weighted by Gasteiger charge is -2.28. The molecule has 1 atom stereocenters. The van der Waals surface area contributed by atoms with Crippen molar-refractivity contribution in [2.45, 2.75) is 18.9 Å². The molecule has 4 nitrogen and oxygen atoms in total. The highest BCUT2D eigenvalue weighted by molar-refractivity contribution is 5.51. The molecule has 0 aromatic heterocycles. The van der Waals surface area contributed by atoms with Crippen LogP contribution in [0.3, 0.4) is 0 Å². The highest BCUT2D eigenvalue weighted by atomic mass is 19.4. The second kappa shape index (κ2) is 10.8. The van der Waals surface area contributed by atoms with Crippen LogP contribution in [0.4, 0.5) is 18.9 Å². The summed E-state index contributed by atoms with van der Waals surface area (Å²) in [5.41, 5.74) is 1.47. The van der Waals surface area contributed by atoms with E-state index in [9.17, 15) is 18.3 Å². The van der Waals surface area contributed by atoms with Crippen molar-refractivity contribution in [2.75, 3.05) is 24.6 Å². The van der Waals surface area contributed by atoms with Gasteiger partial charge in [-0.2, -0.15) is 13.2 Å². The molecule has 0 aliphatic carbocycles. The minimum atomic E-state index is -4.71. The molecular weight excluding hydrogens is 407 g/mol. The average Bonchev–Trinajstić information content (AvgIpc) is 2.76. The van der Waals surface area contributed by atoms with Crippen LogP contribution in [0.25, 0.3) is 0 Å². The Morgan fingerprint density at radius 3 is 2.16 bits per heavy atom. The van der Waals surface area contributed by atoms with Gasteiger partial charge in [0.05, 0.1) is 19.8 Å². The van der Waals surface area contributed by atoms with Crippen molar-refractivity contribution in [1.82, 2.24) is 0 Å². The number of aliphatic hydroxyl groups excluding tert-OH is 1. The molecule has 0 saturated carbocycles. The lowest BCUT2D eigenvalue weighted by Crippen LogP contribution is -2.42. The van der Waals surface area contributed by atoms with Gasteiger partial charge in [0.2, 0.25) is 0 Å². The van der Waals surface area contributed by atoms with E-state index in [1.54, 1.807) is 36.4 Å². The lowest BCUT2D eigenvalue weighted by atomic mass is 10.2. The predicted molar refractivity (Wildman–Crippen MR) is 113 cm³/mol. The predicted octanol–water partition coefficient (Wildman–Crippen LogP) is 5.43. The van der Waals surface area contributed by atoms with Gasteiger partial charge in [0.15, 0.2) is 6.10 Å². The van der Waals surface area contributed by atoms with E-state index in [0.29, 0.717) is 23.8 Å². The molecule has 0 bridgehead atoms. The number of nitrogens with zero attached hydrogens (tertiary/aromatic N) is 1. The Morgan fingerprint density at radius 2 is 1.48 bits per heavy atom. The fourth-order valence-corrected chi connectivity index (χ4v) is 2.95. The van der Waals surface area contributed by atoms with Crippen molar-refractivity contribution >= 4 is 5.69 Å². The molecule has 164 valence electrons. The summed E-state index contributed by atoms with van der Waals surface area (Å²) in [6.07, 6.45) is -7.18. The topological polar surface area (TPSA) is 41.9 Å². The van der Waals surface area contributed by atoms with Crippen LogP contribution in [0.2, 0.25) is 0 Å². The van der Waals surface area contributed by atoms with Gasteiger partial charge in [0.1, 0.15) is 11.5 Å². The molecule has 0 aliphatic rings. The second-order valence-electron chi connectivity index (χ2n) is 6.95. The maximum absolute atomic E-state index is 13.0. The van der Waals surface area contributed by atoms with Crippen molar-refractivity contribution in [1.29, 1.82) is 0 Å². The van der Waals surface area contributed by atoms with Crippen LogP contribution in [0.5, 0.6) is 11.5 Å². The van der Waals surface area contributed by atoms with Gasteiger partial charge in [-0.3, -0.25) is 0 Å². The smallest absolute Gasteiger partial charge is 0.416 e. The average molecular weight is 431 g/mol. The zero-order valence-corrected chi connectivity index (χ0v) is 16.8. The Morgan fingerprint density at radius 1 is 0.839 bits per heavy atom. The Kier molecular flexibility index (Phi) is 7.92. The summed E-state index contributed by atoms with van der Waals surface area (Å²) >= 11 is 0. The summed E-state index contributed by atoms with van der Waals surface area (Å²) in [5, 5.41) is 9.62. The third-order valence-corrected chi connectivity index (χ3v) is 4.55. The number of para-hydroxylation sites is 1. The molecule has 0 aliphatic heterocycles. The first-order valence-corrected chi connectivity index (χ1v) is 9.86. The number of aliphatic hydroxyl groups is 1. The summed E-state index contributed by atoms with van der Waals surface area (Å²) in [6, 6.07) is 25.3. The Hall–Kier alpha value is -3.03. The first kappa shape index (κ1) is 22.7. The quantitative estimate of drug-likeness (QED) is 0.435. The molecule has 0 radical (unpaired) electrons. The summed E-state index contributed by atoms with van der Waals surface area (Å²) in [7, 11) is 0. The van der Waals surface area contributed by atoms with E-state index in [1.807, 2.05) is 48.5 Å². The van der Waals surface area contributed by atoms with Gasteiger partial charge >= 0.3 is 6.18 Å². The van der Waals surface area contributed by atoms with Crippen molar-refractivity contribution in [3.8, 4) is 11.5 Å². The van der Waals surface area contributed by atoms with E-state index in [-0.39, 0.29) is 13.2 Å². The van der Waals surface area contributed by atoms with E-state index >= 15 is 0 Å². The number of alkyl halides is 3. The van der Waals surface area contributed by atoms with Crippen LogP contribution in [-0.4, -0.2) is 37.1 Å². The summed E-state index contributed by atoms with van der Waals surface area (Å²) in [5.74, 6) is 1.10. The highest BCUT2D eigenvalue weighted by Crippen LogP contribution is 2.28. The summed E-state index contributed by atoms with van der Waals surface area (Å²) < 4.78 is 50.3. The molecule has 0 spiro atoms. The fourth-order valence-electron chi connectivity index (χ4n) is 2.95. The van der Waals surface area contributed by atoms with E-state index < -0.39 is 18.8 Å². The summed E-state index contributed by atoms with van der Waals surface area (Å²) in [6.45, 7) is 0.124. The molecule has 0 heterocycles. The van der Waals surface area contributed by atoms with Gasteiger partial charge < -0.3 is 19.5 Å². The van der Waals surface area contributed by atoms with Gasteiger partial charge in [-0.25, -0.2) is 0 Å². The largest absolute Gasteiger partial charge is 0.457 e. The number of benzene rings is 3. The standard InChI is InChI=1S/C24H24F3NO3/c25-24(26,27)23(29)17-28(14-15-30-18-19-8-3-1-4-9-19)20-10-7-13-22(16-20)31-21-11-5-2-6-12-21/h1-13,16,23,29H,14-15,17-18H2. The second-order valence-corrected chi connectivity index (χ2v) is 6.95. The number of anilines is 1. The Bertz CT molecular complexity index is 920. The molecule has 0 fully saturated rings. The number of ether oxygens (including phenoxy) is 2. The molecule has 31 heavy (non-hydrogen) atoms. The minimum Gasteiger partial charge on any atom is -0.457 e. The molecule has 0 saturated heterocycles. The van der Waals surface area contributed by atoms with Crippen LogP contribution in [0.15, 0.2) is 84.9 Å². The normalized spacial score (nSPS) is 12.4. The maximum Gasteiger partial charge on any atom is 0.416 e. The van der Waals surface area contributed by atoms with E-state index in [2.05, 4.69) is 0 Å². The van der Waals surface area contributed by atoms with Gasteiger partial charge in [-0.1, -0.05) is 54.6 Å². The van der Waals surface area contributed by atoms with Crippen LogP contribution in [0.1, 0.15) is 5.56 Å². The molecular formula is C24H24F3NO3. The molecule has 3 rings (SSSR count). The number of halogens is 3. The highest BCUT2D eigenvalue weighted by Gasteiger charge is 2.39.